The molecule has 3 aromatic rings. The van der Waals surface area contributed by atoms with E-state index in [-0.39, 0.29) is 22.2 Å². The van der Waals surface area contributed by atoms with Gasteiger partial charge in [-0.1, -0.05) is 30.3 Å². The van der Waals surface area contributed by atoms with Crippen molar-refractivity contribution in [3.05, 3.63) is 65.4 Å². The zero-order valence-electron chi connectivity index (χ0n) is 20.8. The second-order valence-corrected chi connectivity index (χ2v) is 14.3. The number of benzene rings is 2. The molecule has 0 radical (unpaired) electrons. The van der Waals surface area contributed by atoms with Crippen LogP contribution in [-0.4, -0.2) is 93.9 Å². The van der Waals surface area contributed by atoms with Crippen LogP contribution in [0.1, 0.15) is 21.6 Å². The van der Waals surface area contributed by atoms with E-state index >= 15 is 0 Å². The third kappa shape index (κ3) is 4.76. The van der Waals surface area contributed by atoms with E-state index in [4.69, 9.17) is 9.84 Å². The summed E-state index contributed by atoms with van der Waals surface area (Å²) in [7, 11) is -6.11. The summed E-state index contributed by atoms with van der Waals surface area (Å²) >= 11 is 0. The summed E-state index contributed by atoms with van der Waals surface area (Å²) in [5.41, 5.74) is 3.49. The van der Waals surface area contributed by atoms with Gasteiger partial charge in [0.25, 0.3) is 5.91 Å². The Balaban J connectivity index is 1.42. The molecule has 2 aromatic carbocycles. The van der Waals surface area contributed by atoms with Crippen LogP contribution in [0.2, 0.25) is 0 Å². The Morgan fingerprint density at radius 2 is 1.71 bits per heavy atom. The number of sulfone groups is 1. The van der Waals surface area contributed by atoms with Crippen molar-refractivity contribution < 1.29 is 27.1 Å². The molecule has 10 nitrogen and oxygen atoms in total. The van der Waals surface area contributed by atoms with Gasteiger partial charge in [-0.2, -0.15) is 15.7 Å². The van der Waals surface area contributed by atoms with Gasteiger partial charge in [-0.15, -0.1) is 0 Å². The van der Waals surface area contributed by atoms with Gasteiger partial charge >= 0.3 is 0 Å². The van der Waals surface area contributed by atoms with Gasteiger partial charge in [0.15, 0.2) is 15.5 Å². The Bertz CT molecular complexity index is 1490. The van der Waals surface area contributed by atoms with E-state index in [1.54, 1.807) is 33.8 Å². The molecule has 2 saturated heterocycles. The monoisotopic (exact) mass is 558 g/mol. The Hall–Kier alpha value is -2.74. The summed E-state index contributed by atoms with van der Waals surface area (Å²) in [5.74, 6) is 0.168. The zero-order chi connectivity index (χ0) is 26.5. The molecule has 4 heterocycles. The number of morpholine rings is 1. The summed E-state index contributed by atoms with van der Waals surface area (Å²) in [5, 5.41) is 4.75. The number of carbonyl (C=O) groups is 1. The van der Waals surface area contributed by atoms with E-state index in [0.717, 1.165) is 11.3 Å². The maximum Gasteiger partial charge on any atom is 0.274 e. The number of carbonyl (C=O) groups excluding carboxylic acids is 1. The van der Waals surface area contributed by atoms with E-state index < -0.39 is 20.4 Å². The minimum absolute atomic E-state index is 0.159. The predicted octanol–water partition coefficient (Wildman–Crippen LogP) is 2.87. The summed E-state index contributed by atoms with van der Waals surface area (Å²) in [6, 6.07) is 14.7. The maximum absolute atomic E-state index is 13.6. The van der Waals surface area contributed by atoms with Gasteiger partial charge in [-0.05, 0) is 23.8 Å². The Labute approximate surface area is 223 Å². The second kappa shape index (κ2) is 9.78. The molecule has 0 atom stereocenters. The molecule has 0 spiro atoms. The molecule has 3 aliphatic heterocycles. The smallest absolute Gasteiger partial charge is 0.274 e. The summed E-state index contributed by atoms with van der Waals surface area (Å²) in [6.45, 7) is 3.57. The van der Waals surface area contributed by atoms with Crippen molar-refractivity contribution in [3.63, 3.8) is 0 Å². The normalized spacial score (nSPS) is 21.4. The number of nitrogens with zero attached hydrogens (tertiary/aromatic N) is 4. The number of hydrogen-bond acceptors (Lipinski definition) is 8. The lowest BCUT2D eigenvalue weighted by Crippen LogP contribution is -2.41. The molecule has 0 saturated carbocycles. The van der Waals surface area contributed by atoms with Gasteiger partial charge < -0.3 is 9.64 Å². The van der Waals surface area contributed by atoms with Crippen molar-refractivity contribution in [2.24, 2.45) is 0 Å². The van der Waals surface area contributed by atoms with Gasteiger partial charge in [0, 0.05) is 43.9 Å². The molecule has 2 fully saturated rings. The van der Waals surface area contributed by atoms with E-state index in [1.165, 1.54) is 0 Å². The average molecular weight is 559 g/mol. The number of ether oxygens (including phenoxy) is 1. The highest BCUT2D eigenvalue weighted by molar-refractivity contribution is 8.24. The Morgan fingerprint density at radius 3 is 2.47 bits per heavy atom. The third-order valence-electron chi connectivity index (χ3n) is 7.33. The van der Waals surface area contributed by atoms with Crippen LogP contribution in [0, 0.1) is 0 Å². The van der Waals surface area contributed by atoms with E-state index in [9.17, 15) is 22.3 Å². The van der Waals surface area contributed by atoms with Gasteiger partial charge in [0.05, 0.1) is 46.7 Å². The quantitative estimate of drug-likeness (QED) is 0.501. The van der Waals surface area contributed by atoms with Crippen molar-refractivity contribution in [3.8, 4) is 16.9 Å². The first-order valence-corrected chi connectivity index (χ1v) is 16.1. The van der Waals surface area contributed by atoms with Crippen LogP contribution in [0.25, 0.3) is 16.9 Å². The van der Waals surface area contributed by atoms with Crippen LogP contribution in [-0.2, 0) is 26.9 Å². The lowest BCUT2D eigenvalue weighted by atomic mass is 10.0. The SMILES string of the molecule is O=C(c1nn(-c2cccc(CN3CCS(O)(O)CC3)c2)c2c1CS(=O)(=O)c1ccccc1-2)N1CCOCC1. The first-order valence-electron chi connectivity index (χ1n) is 12.6. The van der Waals surface area contributed by atoms with Crippen LogP contribution >= 0.6 is 10.6 Å². The van der Waals surface area contributed by atoms with Crippen molar-refractivity contribution in [1.82, 2.24) is 19.6 Å². The molecular weight excluding hydrogens is 528 g/mol. The third-order valence-corrected chi connectivity index (χ3v) is 10.7. The topological polar surface area (TPSA) is 125 Å². The predicted molar refractivity (Wildman–Crippen MR) is 144 cm³/mol. The number of rotatable bonds is 4. The van der Waals surface area contributed by atoms with Gasteiger partial charge in [-0.3, -0.25) is 18.8 Å². The Morgan fingerprint density at radius 1 is 0.974 bits per heavy atom. The molecular formula is C26H30N4O6S2. The molecule has 1 amide bonds. The molecule has 3 aliphatic rings. The largest absolute Gasteiger partial charge is 0.378 e. The van der Waals surface area contributed by atoms with Crippen molar-refractivity contribution in [1.29, 1.82) is 0 Å². The number of amides is 1. The van der Waals surface area contributed by atoms with E-state index in [2.05, 4.69) is 4.90 Å². The van der Waals surface area contributed by atoms with Crippen LogP contribution in [0.4, 0.5) is 0 Å². The minimum Gasteiger partial charge on any atom is -0.378 e. The van der Waals surface area contributed by atoms with Crippen molar-refractivity contribution in [2.75, 3.05) is 50.9 Å². The first kappa shape index (κ1) is 25.5. The lowest BCUT2D eigenvalue weighted by Gasteiger charge is -2.41. The molecule has 12 heteroatoms. The summed E-state index contributed by atoms with van der Waals surface area (Å²) in [4.78, 5) is 17.7. The average Bonchev–Trinajstić information content (AvgIpc) is 3.29. The fourth-order valence-corrected chi connectivity index (χ4v) is 8.21. The first-order chi connectivity index (χ1) is 18.2. The number of aromatic nitrogens is 2. The molecule has 38 heavy (non-hydrogen) atoms. The standard InChI is InChI=1S/C26H30N4O6S2/c31-26(29-8-12-36-13-9-29)24-22-18-38(34,35)23-7-2-1-6-21(23)25(22)30(27-24)20-5-3-4-19(16-20)17-28-10-14-37(32,33)15-11-28/h1-7,16,32-33H,8-15,17-18H2. The highest BCUT2D eigenvalue weighted by Gasteiger charge is 2.37. The van der Waals surface area contributed by atoms with Crippen LogP contribution in [0.3, 0.4) is 0 Å². The van der Waals surface area contributed by atoms with E-state index in [1.807, 2.05) is 24.3 Å². The highest BCUT2D eigenvalue weighted by Crippen LogP contribution is 2.42. The molecule has 0 bridgehead atoms. The van der Waals surface area contributed by atoms with Crippen molar-refractivity contribution in [2.45, 2.75) is 17.2 Å². The van der Waals surface area contributed by atoms with Gasteiger partial charge in [0.1, 0.15) is 0 Å². The fourth-order valence-electron chi connectivity index (χ4n) is 5.31. The Kier molecular flexibility index (Phi) is 6.57. The highest BCUT2D eigenvalue weighted by atomic mass is 32.3. The molecule has 2 N–H and O–H groups in total. The number of hydrogen-bond donors (Lipinski definition) is 2. The van der Waals surface area contributed by atoms with Crippen LogP contribution in [0.5, 0.6) is 0 Å². The maximum atomic E-state index is 13.6. The number of fused-ring (bicyclic) bond motifs is 3. The molecule has 6 rings (SSSR count). The second-order valence-electron chi connectivity index (χ2n) is 9.90. The fraction of sp³-hybridized carbons (Fsp3) is 0.385. The summed E-state index contributed by atoms with van der Waals surface area (Å²) in [6.07, 6.45) is 0. The van der Waals surface area contributed by atoms with Crippen LogP contribution in [0.15, 0.2) is 53.4 Å². The summed E-state index contributed by atoms with van der Waals surface area (Å²) < 4.78 is 53.4. The van der Waals surface area contributed by atoms with Gasteiger partial charge in [-0.25, -0.2) is 13.1 Å². The lowest BCUT2D eigenvalue weighted by molar-refractivity contribution is 0.0298. The molecule has 1 aromatic heterocycles. The van der Waals surface area contributed by atoms with E-state index in [0.29, 0.717) is 74.3 Å². The molecule has 0 unspecified atom stereocenters. The zero-order valence-corrected chi connectivity index (χ0v) is 22.5. The van der Waals surface area contributed by atoms with Crippen LogP contribution < -0.4 is 0 Å². The minimum atomic E-state index is -3.64. The van der Waals surface area contributed by atoms with Crippen molar-refractivity contribution >= 4 is 26.3 Å². The van der Waals surface area contributed by atoms with Gasteiger partial charge in [0.2, 0.25) is 0 Å². The molecule has 0 aliphatic carbocycles. The molecule has 202 valence electrons.